The average molecular weight is 275 g/mol. The minimum absolute atomic E-state index is 0.251. The SMILES string of the molecule is CCCN(CC(N)=S)Cc1cc(Cl)ccc1F. The first-order valence-electron chi connectivity index (χ1n) is 5.47. The van der Waals surface area contributed by atoms with Crippen LogP contribution in [0.15, 0.2) is 18.2 Å². The Labute approximate surface area is 112 Å². The molecule has 0 atom stereocenters. The predicted molar refractivity (Wildman–Crippen MR) is 73.8 cm³/mol. The van der Waals surface area contributed by atoms with Crippen molar-refractivity contribution in [2.75, 3.05) is 13.1 Å². The van der Waals surface area contributed by atoms with Gasteiger partial charge in [0.15, 0.2) is 0 Å². The van der Waals surface area contributed by atoms with Crippen molar-refractivity contribution in [1.29, 1.82) is 0 Å². The van der Waals surface area contributed by atoms with E-state index >= 15 is 0 Å². The largest absolute Gasteiger partial charge is 0.392 e. The molecule has 0 bridgehead atoms. The fourth-order valence-electron chi connectivity index (χ4n) is 1.66. The molecule has 2 N–H and O–H groups in total. The first kappa shape index (κ1) is 14.4. The maximum absolute atomic E-state index is 13.6. The normalized spacial score (nSPS) is 10.8. The maximum Gasteiger partial charge on any atom is 0.127 e. The van der Waals surface area contributed by atoms with Gasteiger partial charge in [0.05, 0.1) is 4.99 Å². The Morgan fingerprint density at radius 1 is 1.53 bits per heavy atom. The van der Waals surface area contributed by atoms with Crippen LogP contribution in [0.1, 0.15) is 18.9 Å². The van der Waals surface area contributed by atoms with E-state index in [-0.39, 0.29) is 5.82 Å². The summed E-state index contributed by atoms with van der Waals surface area (Å²) >= 11 is 10.7. The minimum Gasteiger partial charge on any atom is -0.392 e. The van der Waals surface area contributed by atoms with Gasteiger partial charge in [-0.15, -0.1) is 0 Å². The number of benzene rings is 1. The van der Waals surface area contributed by atoms with Gasteiger partial charge in [-0.25, -0.2) is 4.39 Å². The van der Waals surface area contributed by atoms with E-state index in [2.05, 4.69) is 6.92 Å². The smallest absolute Gasteiger partial charge is 0.127 e. The summed E-state index contributed by atoms with van der Waals surface area (Å²) < 4.78 is 13.6. The van der Waals surface area contributed by atoms with Crippen LogP contribution < -0.4 is 5.73 Å². The van der Waals surface area contributed by atoms with Gasteiger partial charge in [-0.1, -0.05) is 30.7 Å². The molecular formula is C12H16ClFN2S. The third-order valence-corrected chi connectivity index (χ3v) is 2.69. The highest BCUT2D eigenvalue weighted by Gasteiger charge is 2.10. The van der Waals surface area contributed by atoms with Crippen molar-refractivity contribution >= 4 is 28.8 Å². The fraction of sp³-hybridized carbons (Fsp3) is 0.417. The second-order valence-corrected chi connectivity index (χ2v) is 4.87. The Morgan fingerprint density at radius 2 is 2.24 bits per heavy atom. The molecule has 17 heavy (non-hydrogen) atoms. The van der Waals surface area contributed by atoms with E-state index in [0.29, 0.717) is 28.7 Å². The number of rotatable bonds is 6. The summed E-state index contributed by atoms with van der Waals surface area (Å²) in [6, 6.07) is 4.56. The topological polar surface area (TPSA) is 29.3 Å². The quantitative estimate of drug-likeness (QED) is 0.809. The summed E-state index contributed by atoms with van der Waals surface area (Å²) in [5.41, 5.74) is 6.09. The lowest BCUT2D eigenvalue weighted by Gasteiger charge is -2.21. The highest BCUT2D eigenvalue weighted by Crippen LogP contribution is 2.16. The predicted octanol–water partition coefficient (Wildman–Crippen LogP) is 2.98. The Balaban J connectivity index is 2.77. The third kappa shape index (κ3) is 4.98. The summed E-state index contributed by atoms with van der Waals surface area (Å²) in [5.74, 6) is -0.251. The first-order valence-corrected chi connectivity index (χ1v) is 6.26. The second kappa shape index (κ2) is 6.89. The first-order chi connectivity index (χ1) is 8.02. The number of hydrogen-bond acceptors (Lipinski definition) is 2. The van der Waals surface area contributed by atoms with Gasteiger partial charge in [-0.2, -0.15) is 0 Å². The Morgan fingerprint density at radius 3 is 2.82 bits per heavy atom. The number of nitrogens with two attached hydrogens (primary N) is 1. The van der Waals surface area contributed by atoms with Gasteiger partial charge in [-0.05, 0) is 31.2 Å². The molecule has 0 unspecified atom stereocenters. The minimum atomic E-state index is -0.251. The molecule has 0 aromatic heterocycles. The Kier molecular flexibility index (Phi) is 5.82. The molecule has 1 aromatic rings. The van der Waals surface area contributed by atoms with Crippen molar-refractivity contribution in [2.45, 2.75) is 19.9 Å². The summed E-state index contributed by atoms with van der Waals surface area (Å²) in [4.78, 5) is 2.43. The average Bonchev–Trinajstić information content (AvgIpc) is 2.23. The van der Waals surface area contributed by atoms with Crippen LogP contribution in [0.4, 0.5) is 4.39 Å². The molecule has 0 amide bonds. The van der Waals surface area contributed by atoms with E-state index in [9.17, 15) is 4.39 Å². The fourth-order valence-corrected chi connectivity index (χ4v) is 2.03. The van der Waals surface area contributed by atoms with Gasteiger partial charge in [0, 0.05) is 23.7 Å². The molecule has 0 heterocycles. The standard InChI is InChI=1S/C12H16ClFN2S/c1-2-5-16(8-12(15)17)7-9-6-10(13)3-4-11(9)14/h3-4,6H,2,5,7-8H2,1H3,(H2,15,17). The van der Waals surface area contributed by atoms with Gasteiger partial charge in [0.1, 0.15) is 5.82 Å². The van der Waals surface area contributed by atoms with E-state index in [4.69, 9.17) is 29.6 Å². The van der Waals surface area contributed by atoms with E-state index in [1.54, 1.807) is 6.07 Å². The van der Waals surface area contributed by atoms with Gasteiger partial charge < -0.3 is 5.73 Å². The molecule has 5 heteroatoms. The summed E-state index contributed by atoms with van der Waals surface area (Å²) in [7, 11) is 0. The molecular weight excluding hydrogens is 259 g/mol. The monoisotopic (exact) mass is 274 g/mol. The number of nitrogens with zero attached hydrogens (tertiary/aromatic N) is 1. The lowest BCUT2D eigenvalue weighted by Crippen LogP contribution is -2.33. The second-order valence-electron chi connectivity index (χ2n) is 3.91. The number of hydrogen-bond donors (Lipinski definition) is 1. The molecule has 0 aliphatic rings. The van der Waals surface area contributed by atoms with Crippen LogP contribution in [-0.2, 0) is 6.54 Å². The Hall–Kier alpha value is -0.710. The summed E-state index contributed by atoms with van der Waals surface area (Å²) in [6.07, 6.45) is 0.963. The van der Waals surface area contributed by atoms with Crippen molar-refractivity contribution in [3.05, 3.63) is 34.6 Å². The van der Waals surface area contributed by atoms with Gasteiger partial charge in [0.25, 0.3) is 0 Å². The molecule has 2 nitrogen and oxygen atoms in total. The molecule has 0 aliphatic carbocycles. The Bertz CT molecular complexity index is 398. The molecule has 0 saturated carbocycles. The van der Waals surface area contributed by atoms with Crippen molar-refractivity contribution in [1.82, 2.24) is 4.90 Å². The number of thiocarbonyl (C=S) groups is 1. The van der Waals surface area contributed by atoms with E-state index in [0.717, 1.165) is 13.0 Å². The van der Waals surface area contributed by atoms with Crippen LogP contribution in [0.2, 0.25) is 5.02 Å². The highest BCUT2D eigenvalue weighted by atomic mass is 35.5. The van der Waals surface area contributed by atoms with Crippen LogP contribution in [-0.4, -0.2) is 23.0 Å². The maximum atomic E-state index is 13.6. The summed E-state index contributed by atoms with van der Waals surface area (Å²) in [6.45, 7) is 3.84. The number of halogens is 2. The molecule has 1 rings (SSSR count). The van der Waals surface area contributed by atoms with Crippen LogP contribution >= 0.6 is 23.8 Å². The van der Waals surface area contributed by atoms with Crippen molar-refractivity contribution in [3.63, 3.8) is 0 Å². The van der Waals surface area contributed by atoms with Crippen LogP contribution in [0.5, 0.6) is 0 Å². The zero-order chi connectivity index (χ0) is 12.8. The molecule has 0 aliphatic heterocycles. The van der Waals surface area contributed by atoms with E-state index < -0.39 is 0 Å². The van der Waals surface area contributed by atoms with Crippen LogP contribution in [0.25, 0.3) is 0 Å². The van der Waals surface area contributed by atoms with Crippen LogP contribution in [0.3, 0.4) is 0 Å². The zero-order valence-corrected chi connectivity index (χ0v) is 11.3. The van der Waals surface area contributed by atoms with Crippen molar-refractivity contribution in [3.8, 4) is 0 Å². The molecule has 94 valence electrons. The lowest BCUT2D eigenvalue weighted by molar-refractivity contribution is 0.299. The molecule has 0 spiro atoms. The van der Waals surface area contributed by atoms with Gasteiger partial charge in [0.2, 0.25) is 0 Å². The zero-order valence-electron chi connectivity index (χ0n) is 9.75. The van der Waals surface area contributed by atoms with Gasteiger partial charge >= 0.3 is 0 Å². The van der Waals surface area contributed by atoms with E-state index in [1.807, 2.05) is 4.90 Å². The third-order valence-electron chi connectivity index (χ3n) is 2.32. The molecule has 0 radical (unpaired) electrons. The lowest BCUT2D eigenvalue weighted by atomic mass is 10.2. The highest BCUT2D eigenvalue weighted by molar-refractivity contribution is 7.80. The molecule has 1 aromatic carbocycles. The van der Waals surface area contributed by atoms with Gasteiger partial charge in [-0.3, -0.25) is 4.90 Å². The van der Waals surface area contributed by atoms with Crippen molar-refractivity contribution in [2.24, 2.45) is 5.73 Å². The van der Waals surface area contributed by atoms with Crippen molar-refractivity contribution < 1.29 is 4.39 Å². The summed E-state index contributed by atoms with van der Waals surface area (Å²) in [5, 5.41) is 0.535. The van der Waals surface area contributed by atoms with Crippen LogP contribution in [0, 0.1) is 5.82 Å². The molecule has 0 fully saturated rings. The van der Waals surface area contributed by atoms with E-state index in [1.165, 1.54) is 12.1 Å². The molecule has 0 saturated heterocycles.